The van der Waals surface area contributed by atoms with E-state index in [0.717, 1.165) is 17.9 Å². The Morgan fingerprint density at radius 2 is 1.96 bits per heavy atom. The maximum absolute atomic E-state index is 12.8. The van der Waals surface area contributed by atoms with E-state index < -0.39 is 0 Å². The maximum atomic E-state index is 12.8. The number of halogens is 2. The summed E-state index contributed by atoms with van der Waals surface area (Å²) in [5, 5.41) is 4.02. The quantitative estimate of drug-likeness (QED) is 0.788. The third-order valence-corrected chi connectivity index (χ3v) is 4.71. The lowest BCUT2D eigenvalue weighted by Crippen LogP contribution is -2.49. The lowest BCUT2D eigenvalue weighted by atomic mass is 10.0. The Bertz CT molecular complexity index is 740. The second-order valence-corrected chi connectivity index (χ2v) is 6.54. The zero-order chi connectivity index (χ0) is 18.4. The van der Waals surface area contributed by atoms with Gasteiger partial charge in [0.15, 0.2) is 0 Å². The van der Waals surface area contributed by atoms with Crippen LogP contribution in [0.1, 0.15) is 18.0 Å². The molecule has 1 saturated heterocycles. The lowest BCUT2D eigenvalue weighted by molar-refractivity contribution is -0.135. The molecule has 1 heterocycles. The fraction of sp³-hybridized carbons (Fsp3) is 0.350. The number of ether oxygens (including phenoxy) is 2. The SMILES string of the molecule is COc1ccccc1C1CNCCN1C(=O)CCOc1ccc(Cl)cc1.Cl. The van der Waals surface area contributed by atoms with Crippen molar-refractivity contribution in [2.45, 2.75) is 12.5 Å². The summed E-state index contributed by atoms with van der Waals surface area (Å²) in [4.78, 5) is 14.7. The highest BCUT2D eigenvalue weighted by molar-refractivity contribution is 6.30. The molecule has 0 saturated carbocycles. The average molecular weight is 411 g/mol. The second kappa shape index (κ2) is 10.4. The summed E-state index contributed by atoms with van der Waals surface area (Å²) in [5.41, 5.74) is 1.02. The first kappa shape index (κ1) is 21.4. The van der Waals surface area contributed by atoms with Gasteiger partial charge in [-0.15, -0.1) is 12.4 Å². The zero-order valence-corrected chi connectivity index (χ0v) is 16.8. The molecule has 146 valence electrons. The van der Waals surface area contributed by atoms with Gasteiger partial charge in [-0.2, -0.15) is 0 Å². The summed E-state index contributed by atoms with van der Waals surface area (Å²) in [6.07, 6.45) is 0.328. The number of nitrogens with one attached hydrogen (secondary N) is 1. The highest BCUT2D eigenvalue weighted by atomic mass is 35.5. The van der Waals surface area contributed by atoms with Crippen molar-refractivity contribution in [2.75, 3.05) is 33.4 Å². The molecule has 1 aliphatic heterocycles. The van der Waals surface area contributed by atoms with Gasteiger partial charge in [0, 0.05) is 30.2 Å². The molecule has 7 heteroatoms. The number of hydrogen-bond donors (Lipinski definition) is 1. The summed E-state index contributed by atoms with van der Waals surface area (Å²) >= 11 is 5.86. The smallest absolute Gasteiger partial charge is 0.226 e. The molecule has 1 amide bonds. The highest BCUT2D eigenvalue weighted by Crippen LogP contribution is 2.30. The van der Waals surface area contributed by atoms with Crippen LogP contribution in [0.15, 0.2) is 48.5 Å². The summed E-state index contributed by atoms with van der Waals surface area (Å²) in [5.74, 6) is 1.59. The molecular formula is C20H24Cl2N2O3. The van der Waals surface area contributed by atoms with Crippen molar-refractivity contribution in [2.24, 2.45) is 0 Å². The van der Waals surface area contributed by atoms with Gasteiger partial charge in [0.25, 0.3) is 0 Å². The van der Waals surface area contributed by atoms with E-state index in [1.54, 1.807) is 31.4 Å². The Balaban J connectivity index is 0.00000261. The van der Waals surface area contributed by atoms with Crippen LogP contribution in [0, 0.1) is 0 Å². The maximum Gasteiger partial charge on any atom is 0.226 e. The fourth-order valence-electron chi connectivity index (χ4n) is 3.15. The van der Waals surface area contributed by atoms with Crippen molar-refractivity contribution >= 4 is 29.9 Å². The first-order valence-electron chi connectivity index (χ1n) is 8.70. The van der Waals surface area contributed by atoms with E-state index in [2.05, 4.69) is 5.32 Å². The van der Waals surface area contributed by atoms with Crippen molar-refractivity contribution in [3.63, 3.8) is 0 Å². The van der Waals surface area contributed by atoms with E-state index in [4.69, 9.17) is 21.1 Å². The van der Waals surface area contributed by atoms with E-state index in [1.165, 1.54) is 0 Å². The number of benzene rings is 2. The van der Waals surface area contributed by atoms with Gasteiger partial charge in [-0.3, -0.25) is 4.79 Å². The van der Waals surface area contributed by atoms with Gasteiger partial charge in [0.2, 0.25) is 5.91 Å². The molecule has 1 unspecified atom stereocenters. The molecule has 3 rings (SSSR count). The summed E-state index contributed by atoms with van der Waals surface area (Å²) < 4.78 is 11.1. The van der Waals surface area contributed by atoms with Crippen molar-refractivity contribution in [1.82, 2.24) is 10.2 Å². The minimum atomic E-state index is -0.0390. The van der Waals surface area contributed by atoms with Crippen LogP contribution in [0.4, 0.5) is 0 Å². The van der Waals surface area contributed by atoms with Crippen LogP contribution >= 0.6 is 24.0 Å². The lowest BCUT2D eigenvalue weighted by Gasteiger charge is -2.37. The van der Waals surface area contributed by atoms with Gasteiger partial charge < -0.3 is 19.7 Å². The third kappa shape index (κ3) is 5.51. The molecule has 5 nitrogen and oxygen atoms in total. The molecule has 2 aromatic rings. The largest absolute Gasteiger partial charge is 0.496 e. The van der Waals surface area contributed by atoms with Crippen molar-refractivity contribution in [3.8, 4) is 11.5 Å². The van der Waals surface area contributed by atoms with E-state index in [-0.39, 0.29) is 24.4 Å². The van der Waals surface area contributed by atoms with Gasteiger partial charge in [0.05, 0.1) is 26.2 Å². The van der Waals surface area contributed by atoms with Gasteiger partial charge in [0.1, 0.15) is 11.5 Å². The van der Waals surface area contributed by atoms with E-state index >= 15 is 0 Å². The Morgan fingerprint density at radius 1 is 1.22 bits per heavy atom. The molecule has 0 aromatic heterocycles. The van der Waals surface area contributed by atoms with Gasteiger partial charge >= 0.3 is 0 Å². The van der Waals surface area contributed by atoms with Crippen LogP contribution in [0.25, 0.3) is 0 Å². The predicted octanol–water partition coefficient (Wildman–Crippen LogP) is 3.71. The van der Waals surface area contributed by atoms with Crippen LogP contribution < -0.4 is 14.8 Å². The van der Waals surface area contributed by atoms with E-state index in [0.29, 0.717) is 36.9 Å². The van der Waals surface area contributed by atoms with Crippen molar-refractivity contribution < 1.29 is 14.3 Å². The number of rotatable bonds is 6. The van der Waals surface area contributed by atoms with Gasteiger partial charge in [-0.05, 0) is 30.3 Å². The van der Waals surface area contributed by atoms with Crippen LogP contribution in [0.5, 0.6) is 11.5 Å². The fourth-order valence-corrected chi connectivity index (χ4v) is 3.28. The third-order valence-electron chi connectivity index (χ3n) is 4.46. The van der Waals surface area contributed by atoms with E-state index in [9.17, 15) is 4.79 Å². The molecule has 1 atom stereocenters. The molecule has 27 heavy (non-hydrogen) atoms. The number of nitrogens with zero attached hydrogens (tertiary/aromatic N) is 1. The summed E-state index contributed by atoms with van der Waals surface area (Å²) in [6, 6.07) is 15.0. The molecule has 1 fully saturated rings. The number of piperazine rings is 1. The molecule has 0 aliphatic carbocycles. The van der Waals surface area contributed by atoms with Crippen LogP contribution in [0.3, 0.4) is 0 Å². The number of carbonyl (C=O) groups excluding carboxylic acids is 1. The molecule has 0 spiro atoms. The van der Waals surface area contributed by atoms with E-state index in [1.807, 2.05) is 29.2 Å². The minimum absolute atomic E-state index is 0. The Hall–Kier alpha value is -1.95. The van der Waals surface area contributed by atoms with Crippen LogP contribution in [0.2, 0.25) is 5.02 Å². The summed E-state index contributed by atoms with van der Waals surface area (Å²) in [7, 11) is 1.65. The van der Waals surface area contributed by atoms with Crippen molar-refractivity contribution in [3.05, 3.63) is 59.1 Å². The Labute approximate surface area is 171 Å². The molecular weight excluding hydrogens is 387 g/mol. The monoisotopic (exact) mass is 410 g/mol. The average Bonchev–Trinajstić information content (AvgIpc) is 2.69. The Morgan fingerprint density at radius 3 is 2.70 bits per heavy atom. The zero-order valence-electron chi connectivity index (χ0n) is 15.2. The highest BCUT2D eigenvalue weighted by Gasteiger charge is 2.29. The van der Waals surface area contributed by atoms with Crippen LogP contribution in [-0.2, 0) is 4.79 Å². The van der Waals surface area contributed by atoms with Crippen molar-refractivity contribution in [1.29, 1.82) is 0 Å². The normalized spacial score (nSPS) is 16.4. The van der Waals surface area contributed by atoms with Crippen LogP contribution in [-0.4, -0.2) is 44.2 Å². The Kier molecular flexibility index (Phi) is 8.23. The molecule has 2 aromatic carbocycles. The van der Waals surface area contributed by atoms with Gasteiger partial charge in [-0.1, -0.05) is 29.8 Å². The topological polar surface area (TPSA) is 50.8 Å². The number of methoxy groups -OCH3 is 1. The number of hydrogen-bond acceptors (Lipinski definition) is 4. The molecule has 0 bridgehead atoms. The number of amides is 1. The molecule has 1 aliphatic rings. The standard InChI is InChI=1S/C20H23ClN2O3.ClH/c1-25-19-5-3-2-4-17(19)18-14-22-11-12-23(18)20(24)10-13-26-16-8-6-15(21)7-9-16;/h2-9,18,22H,10-14H2,1H3;1H. The second-order valence-electron chi connectivity index (χ2n) is 6.10. The minimum Gasteiger partial charge on any atom is -0.496 e. The molecule has 0 radical (unpaired) electrons. The molecule has 1 N–H and O–H groups in total. The number of para-hydroxylation sites is 1. The number of carbonyl (C=O) groups is 1. The summed E-state index contributed by atoms with van der Waals surface area (Å²) in [6.45, 7) is 2.51. The first-order valence-corrected chi connectivity index (χ1v) is 9.08. The first-order chi connectivity index (χ1) is 12.7. The predicted molar refractivity (Wildman–Crippen MR) is 109 cm³/mol. The van der Waals surface area contributed by atoms with Gasteiger partial charge in [-0.25, -0.2) is 0 Å².